The lowest BCUT2D eigenvalue weighted by atomic mass is 10.0. The molecule has 1 fully saturated rings. The number of rotatable bonds is 6. The van der Waals surface area contributed by atoms with E-state index in [0.717, 1.165) is 31.6 Å². The smallest absolute Gasteiger partial charge is 0.325 e. The summed E-state index contributed by atoms with van der Waals surface area (Å²) in [5.41, 5.74) is 1.48. The number of aromatic nitrogens is 1. The third kappa shape index (κ3) is 4.81. The standard InChI is InChI=1S/C20H24FN3O3/c1-27-18-6-5-16(21)12-17(18)19(20(25)26)24-9-3-8-23(10-11-24)14-15-4-2-7-22-13-15/h2,4-7,12-13,19H,3,8-11,14H2,1H3,(H,25,26)/t19-/m0/s1. The average Bonchev–Trinajstić information content (AvgIpc) is 2.88. The normalized spacial score (nSPS) is 17.3. The van der Waals surface area contributed by atoms with Gasteiger partial charge in [-0.2, -0.15) is 0 Å². The van der Waals surface area contributed by atoms with Crippen molar-refractivity contribution in [3.8, 4) is 5.75 Å². The molecule has 1 aliphatic heterocycles. The molecule has 0 radical (unpaired) electrons. The summed E-state index contributed by atoms with van der Waals surface area (Å²) >= 11 is 0. The number of carboxylic acid groups (broad SMARTS) is 1. The van der Waals surface area contributed by atoms with E-state index < -0.39 is 17.8 Å². The van der Waals surface area contributed by atoms with E-state index in [1.54, 1.807) is 6.20 Å². The number of benzene rings is 1. The van der Waals surface area contributed by atoms with Crippen LogP contribution in [0.4, 0.5) is 4.39 Å². The van der Waals surface area contributed by atoms with Crippen LogP contribution in [-0.4, -0.2) is 59.1 Å². The monoisotopic (exact) mass is 373 g/mol. The largest absolute Gasteiger partial charge is 0.496 e. The number of hydrogen-bond acceptors (Lipinski definition) is 5. The van der Waals surface area contributed by atoms with Crippen molar-refractivity contribution in [2.45, 2.75) is 19.0 Å². The zero-order chi connectivity index (χ0) is 19.2. The molecule has 1 aliphatic rings. The van der Waals surface area contributed by atoms with Crippen molar-refractivity contribution >= 4 is 5.97 Å². The predicted molar refractivity (Wildman–Crippen MR) is 99.0 cm³/mol. The van der Waals surface area contributed by atoms with Crippen molar-refractivity contribution in [3.05, 3.63) is 59.7 Å². The van der Waals surface area contributed by atoms with E-state index in [1.807, 2.05) is 23.2 Å². The van der Waals surface area contributed by atoms with Gasteiger partial charge in [0.15, 0.2) is 0 Å². The van der Waals surface area contributed by atoms with Crippen LogP contribution < -0.4 is 4.74 Å². The van der Waals surface area contributed by atoms with Gasteiger partial charge in [0.1, 0.15) is 17.6 Å². The van der Waals surface area contributed by atoms with Crippen molar-refractivity contribution < 1.29 is 19.0 Å². The number of carbonyl (C=O) groups is 1. The van der Waals surface area contributed by atoms with E-state index in [2.05, 4.69) is 9.88 Å². The Kier molecular flexibility index (Phi) is 6.36. The lowest BCUT2D eigenvalue weighted by molar-refractivity contribution is -0.143. The Balaban J connectivity index is 1.76. The zero-order valence-electron chi connectivity index (χ0n) is 15.3. The molecule has 0 amide bonds. The van der Waals surface area contributed by atoms with Crippen LogP contribution in [-0.2, 0) is 11.3 Å². The molecule has 6 nitrogen and oxygen atoms in total. The quantitative estimate of drug-likeness (QED) is 0.840. The number of methoxy groups -OCH3 is 1. The highest BCUT2D eigenvalue weighted by molar-refractivity contribution is 5.76. The Hall–Kier alpha value is -2.51. The van der Waals surface area contributed by atoms with Crippen LogP contribution in [0.25, 0.3) is 0 Å². The van der Waals surface area contributed by atoms with Crippen molar-refractivity contribution in [2.24, 2.45) is 0 Å². The van der Waals surface area contributed by atoms with Crippen LogP contribution in [0, 0.1) is 5.82 Å². The molecule has 1 saturated heterocycles. The molecule has 0 saturated carbocycles. The summed E-state index contributed by atoms with van der Waals surface area (Å²) in [4.78, 5) is 20.3. The van der Waals surface area contributed by atoms with Gasteiger partial charge in [-0.1, -0.05) is 6.07 Å². The summed E-state index contributed by atoms with van der Waals surface area (Å²) in [6, 6.07) is 7.03. The fourth-order valence-corrected chi connectivity index (χ4v) is 3.56. The Labute approximate surface area is 158 Å². The first-order chi connectivity index (χ1) is 13.1. The molecule has 2 aromatic rings. The van der Waals surface area contributed by atoms with Gasteiger partial charge in [-0.3, -0.25) is 19.6 Å². The summed E-state index contributed by atoms with van der Waals surface area (Å²) in [5, 5.41) is 9.84. The first-order valence-electron chi connectivity index (χ1n) is 9.00. The van der Waals surface area contributed by atoms with Crippen LogP contribution >= 0.6 is 0 Å². The molecule has 0 aliphatic carbocycles. The molecule has 1 atom stereocenters. The van der Waals surface area contributed by atoms with E-state index in [-0.39, 0.29) is 0 Å². The number of nitrogens with zero attached hydrogens (tertiary/aromatic N) is 3. The minimum absolute atomic E-state index is 0.353. The molecule has 7 heteroatoms. The van der Waals surface area contributed by atoms with Gasteiger partial charge < -0.3 is 9.84 Å². The molecule has 27 heavy (non-hydrogen) atoms. The zero-order valence-corrected chi connectivity index (χ0v) is 15.3. The van der Waals surface area contributed by atoms with Gasteiger partial charge in [0.05, 0.1) is 7.11 Å². The fourth-order valence-electron chi connectivity index (χ4n) is 3.56. The maximum absolute atomic E-state index is 13.8. The van der Waals surface area contributed by atoms with Gasteiger partial charge in [0, 0.05) is 44.1 Å². The molecule has 1 aromatic heterocycles. The summed E-state index contributed by atoms with van der Waals surface area (Å²) in [6.07, 6.45) is 4.43. The van der Waals surface area contributed by atoms with E-state index in [1.165, 1.54) is 25.3 Å². The van der Waals surface area contributed by atoms with Crippen molar-refractivity contribution in [1.82, 2.24) is 14.8 Å². The van der Waals surface area contributed by atoms with Crippen LogP contribution in [0.2, 0.25) is 0 Å². The highest BCUT2D eigenvalue weighted by Gasteiger charge is 2.31. The van der Waals surface area contributed by atoms with Crippen molar-refractivity contribution in [1.29, 1.82) is 0 Å². The molecule has 144 valence electrons. The Morgan fingerprint density at radius 3 is 2.85 bits per heavy atom. The fraction of sp³-hybridized carbons (Fsp3) is 0.400. The van der Waals surface area contributed by atoms with Crippen molar-refractivity contribution in [3.63, 3.8) is 0 Å². The number of pyridine rings is 1. The third-order valence-electron chi connectivity index (χ3n) is 4.84. The molecular weight excluding hydrogens is 349 g/mol. The van der Waals surface area contributed by atoms with E-state index in [0.29, 0.717) is 24.4 Å². The number of hydrogen-bond donors (Lipinski definition) is 1. The first-order valence-corrected chi connectivity index (χ1v) is 9.00. The number of ether oxygens (including phenoxy) is 1. The second kappa shape index (κ2) is 8.92. The average molecular weight is 373 g/mol. The second-order valence-electron chi connectivity index (χ2n) is 6.65. The highest BCUT2D eigenvalue weighted by atomic mass is 19.1. The number of aliphatic carboxylic acids is 1. The van der Waals surface area contributed by atoms with Crippen molar-refractivity contribution in [2.75, 3.05) is 33.3 Å². The Morgan fingerprint density at radius 1 is 1.30 bits per heavy atom. The highest BCUT2D eigenvalue weighted by Crippen LogP contribution is 2.31. The predicted octanol–water partition coefficient (Wildman–Crippen LogP) is 2.56. The summed E-state index contributed by atoms with van der Waals surface area (Å²) in [5.74, 6) is -1.08. The third-order valence-corrected chi connectivity index (χ3v) is 4.84. The van der Waals surface area contributed by atoms with E-state index in [4.69, 9.17) is 4.74 Å². The van der Waals surface area contributed by atoms with E-state index >= 15 is 0 Å². The van der Waals surface area contributed by atoms with Gasteiger partial charge >= 0.3 is 5.97 Å². The number of halogens is 1. The maximum atomic E-state index is 13.8. The van der Waals surface area contributed by atoms with E-state index in [9.17, 15) is 14.3 Å². The molecule has 3 rings (SSSR count). The minimum Gasteiger partial charge on any atom is -0.496 e. The summed E-state index contributed by atoms with van der Waals surface area (Å²) < 4.78 is 19.1. The molecule has 1 N–H and O–H groups in total. The molecule has 2 heterocycles. The van der Waals surface area contributed by atoms with Crippen LogP contribution in [0.5, 0.6) is 5.75 Å². The van der Waals surface area contributed by atoms with Gasteiger partial charge in [-0.15, -0.1) is 0 Å². The summed E-state index contributed by atoms with van der Waals surface area (Å²) in [7, 11) is 1.47. The van der Waals surface area contributed by atoms with Gasteiger partial charge in [0.2, 0.25) is 0 Å². The molecule has 0 unspecified atom stereocenters. The van der Waals surface area contributed by atoms with Crippen LogP contribution in [0.15, 0.2) is 42.7 Å². The van der Waals surface area contributed by atoms with Crippen LogP contribution in [0.3, 0.4) is 0 Å². The molecule has 1 aromatic carbocycles. The Bertz CT molecular complexity index is 772. The van der Waals surface area contributed by atoms with Gasteiger partial charge in [-0.25, -0.2) is 4.39 Å². The van der Waals surface area contributed by atoms with Gasteiger partial charge in [0.25, 0.3) is 0 Å². The lowest BCUT2D eigenvalue weighted by Gasteiger charge is -2.29. The minimum atomic E-state index is -1.00. The molecule has 0 spiro atoms. The number of carboxylic acids is 1. The maximum Gasteiger partial charge on any atom is 0.325 e. The lowest BCUT2D eigenvalue weighted by Crippen LogP contribution is -2.37. The second-order valence-corrected chi connectivity index (χ2v) is 6.65. The first kappa shape index (κ1) is 19.3. The molecule has 0 bridgehead atoms. The molecular formula is C20H24FN3O3. The summed E-state index contributed by atoms with van der Waals surface area (Å²) in [6.45, 7) is 3.59. The Morgan fingerprint density at radius 2 is 2.15 bits per heavy atom. The SMILES string of the molecule is COc1ccc(F)cc1[C@@H](C(=O)O)N1CCCN(Cc2cccnc2)CC1. The van der Waals surface area contributed by atoms with Crippen LogP contribution in [0.1, 0.15) is 23.6 Å². The van der Waals surface area contributed by atoms with Gasteiger partial charge in [-0.05, 0) is 42.8 Å². The topological polar surface area (TPSA) is 65.9 Å².